The maximum absolute atomic E-state index is 13.1. The van der Waals surface area contributed by atoms with Gasteiger partial charge in [-0.15, -0.1) is 0 Å². The molecular weight excluding hydrogens is 424 g/mol. The molecule has 2 amide bonds. The number of aliphatic hydroxyl groups excluding tert-OH is 1. The van der Waals surface area contributed by atoms with Crippen LogP contribution in [0.2, 0.25) is 0 Å². The summed E-state index contributed by atoms with van der Waals surface area (Å²) in [4.78, 5) is 38.4. The SMILES string of the molecule is CC(C)CN(CC(O)C(=O)O)C(=O)N[C@@H](Cc1cccc2ccccc12)C(=O)OC(C)(C)C. The first kappa shape index (κ1) is 26.1. The van der Waals surface area contributed by atoms with Gasteiger partial charge in [0.1, 0.15) is 11.6 Å². The van der Waals surface area contributed by atoms with Gasteiger partial charge in [0.15, 0.2) is 6.10 Å². The number of carbonyl (C=O) groups is 3. The van der Waals surface area contributed by atoms with Gasteiger partial charge in [0.25, 0.3) is 0 Å². The van der Waals surface area contributed by atoms with E-state index in [0.29, 0.717) is 0 Å². The maximum Gasteiger partial charge on any atom is 0.334 e. The first-order chi connectivity index (χ1) is 15.4. The third-order valence-corrected chi connectivity index (χ3v) is 4.84. The summed E-state index contributed by atoms with van der Waals surface area (Å²) in [5, 5.41) is 23.5. The summed E-state index contributed by atoms with van der Waals surface area (Å²) < 4.78 is 5.55. The zero-order chi connectivity index (χ0) is 24.8. The Morgan fingerprint density at radius 3 is 2.27 bits per heavy atom. The predicted molar refractivity (Wildman–Crippen MR) is 126 cm³/mol. The van der Waals surface area contributed by atoms with Gasteiger partial charge in [0, 0.05) is 13.0 Å². The predicted octanol–water partition coefficient (Wildman–Crippen LogP) is 3.21. The lowest BCUT2D eigenvalue weighted by Crippen LogP contribution is -2.53. The number of rotatable bonds is 9. The molecule has 0 aliphatic carbocycles. The number of nitrogens with zero attached hydrogens (tertiary/aromatic N) is 1. The van der Waals surface area contributed by atoms with Gasteiger partial charge in [0.05, 0.1) is 6.54 Å². The van der Waals surface area contributed by atoms with E-state index in [1.165, 1.54) is 4.90 Å². The smallest absolute Gasteiger partial charge is 0.334 e. The maximum atomic E-state index is 13.1. The summed E-state index contributed by atoms with van der Waals surface area (Å²) in [6.07, 6.45) is -1.54. The molecule has 33 heavy (non-hydrogen) atoms. The fourth-order valence-corrected chi connectivity index (χ4v) is 3.46. The second-order valence-corrected chi connectivity index (χ2v) is 9.53. The van der Waals surface area contributed by atoms with Gasteiger partial charge in [-0.25, -0.2) is 14.4 Å². The minimum absolute atomic E-state index is 0.0230. The van der Waals surface area contributed by atoms with E-state index in [-0.39, 0.29) is 18.9 Å². The van der Waals surface area contributed by atoms with Crippen molar-refractivity contribution in [3.8, 4) is 0 Å². The minimum Gasteiger partial charge on any atom is -0.479 e. The number of hydrogen-bond donors (Lipinski definition) is 3. The monoisotopic (exact) mass is 458 g/mol. The topological polar surface area (TPSA) is 116 Å². The van der Waals surface area contributed by atoms with Crippen molar-refractivity contribution in [2.45, 2.75) is 58.8 Å². The number of urea groups is 1. The lowest BCUT2D eigenvalue weighted by molar-refractivity contribution is -0.157. The number of amides is 2. The number of carbonyl (C=O) groups excluding carboxylic acids is 2. The molecule has 0 radical (unpaired) electrons. The normalized spacial score (nSPS) is 13.4. The number of esters is 1. The van der Waals surface area contributed by atoms with Crippen LogP contribution in [0.3, 0.4) is 0 Å². The lowest BCUT2D eigenvalue weighted by Gasteiger charge is -2.29. The van der Waals surface area contributed by atoms with Crippen molar-refractivity contribution >= 4 is 28.7 Å². The Bertz CT molecular complexity index is 977. The Balaban J connectivity index is 2.33. The van der Waals surface area contributed by atoms with Crippen LogP contribution in [-0.4, -0.2) is 63.9 Å². The molecule has 2 aromatic rings. The van der Waals surface area contributed by atoms with E-state index in [1.807, 2.05) is 56.3 Å². The fourth-order valence-electron chi connectivity index (χ4n) is 3.46. The van der Waals surface area contributed by atoms with Crippen LogP contribution in [0.5, 0.6) is 0 Å². The molecule has 2 rings (SSSR count). The summed E-state index contributed by atoms with van der Waals surface area (Å²) >= 11 is 0. The number of ether oxygens (including phenoxy) is 1. The van der Waals surface area contributed by atoms with Crippen molar-refractivity contribution in [3.05, 3.63) is 48.0 Å². The Morgan fingerprint density at radius 1 is 1.03 bits per heavy atom. The summed E-state index contributed by atoms with van der Waals surface area (Å²) in [6, 6.07) is 11.9. The first-order valence-electron chi connectivity index (χ1n) is 11.0. The van der Waals surface area contributed by atoms with Gasteiger partial charge >= 0.3 is 18.0 Å². The highest BCUT2D eigenvalue weighted by Crippen LogP contribution is 2.21. The first-order valence-corrected chi connectivity index (χ1v) is 11.0. The van der Waals surface area contributed by atoms with Crippen molar-refractivity contribution in [2.24, 2.45) is 5.92 Å². The molecule has 8 heteroatoms. The molecule has 0 fully saturated rings. The number of carboxylic acid groups (broad SMARTS) is 1. The van der Waals surface area contributed by atoms with Crippen molar-refractivity contribution in [2.75, 3.05) is 13.1 Å². The summed E-state index contributed by atoms with van der Waals surface area (Å²) in [5.41, 5.74) is 0.112. The molecule has 2 aromatic carbocycles. The van der Waals surface area contributed by atoms with Gasteiger partial charge in [-0.2, -0.15) is 0 Å². The number of nitrogens with one attached hydrogen (secondary N) is 1. The third-order valence-electron chi connectivity index (χ3n) is 4.84. The quantitative estimate of drug-likeness (QED) is 0.497. The van der Waals surface area contributed by atoms with Crippen molar-refractivity contribution in [1.82, 2.24) is 10.2 Å². The number of benzene rings is 2. The van der Waals surface area contributed by atoms with E-state index < -0.39 is 42.3 Å². The Kier molecular flexibility index (Phi) is 8.82. The van der Waals surface area contributed by atoms with Crippen LogP contribution in [0.15, 0.2) is 42.5 Å². The fraction of sp³-hybridized carbons (Fsp3) is 0.480. The standard InChI is InChI=1S/C25H34N2O6/c1-16(2)14-27(15-21(28)22(29)30)24(32)26-20(23(31)33-25(3,4)5)13-18-11-8-10-17-9-6-7-12-19(17)18/h6-12,16,20-21,28H,13-15H2,1-5H3,(H,26,32)(H,29,30)/t20-,21?/m0/s1. The van der Waals surface area contributed by atoms with Gasteiger partial charge in [0.2, 0.25) is 0 Å². The minimum atomic E-state index is -1.73. The molecule has 0 aromatic heterocycles. The molecule has 0 spiro atoms. The molecule has 0 bridgehead atoms. The van der Waals surface area contributed by atoms with Crippen molar-refractivity contribution in [1.29, 1.82) is 0 Å². The van der Waals surface area contributed by atoms with E-state index in [9.17, 15) is 19.5 Å². The van der Waals surface area contributed by atoms with Crippen LogP contribution in [0.25, 0.3) is 10.8 Å². The third kappa shape index (κ3) is 8.05. The van der Waals surface area contributed by atoms with E-state index in [4.69, 9.17) is 9.84 Å². The molecule has 3 N–H and O–H groups in total. The van der Waals surface area contributed by atoms with Gasteiger partial charge in [-0.3, -0.25) is 0 Å². The molecule has 0 saturated heterocycles. The highest BCUT2D eigenvalue weighted by Gasteiger charge is 2.30. The molecule has 0 saturated carbocycles. The van der Waals surface area contributed by atoms with Crippen LogP contribution in [0.1, 0.15) is 40.2 Å². The number of hydrogen-bond acceptors (Lipinski definition) is 5. The molecular formula is C25H34N2O6. The summed E-state index contributed by atoms with van der Waals surface area (Å²) in [6.45, 7) is 8.80. The van der Waals surface area contributed by atoms with Crippen LogP contribution in [0, 0.1) is 5.92 Å². The molecule has 2 atom stereocenters. The largest absolute Gasteiger partial charge is 0.479 e. The van der Waals surface area contributed by atoms with Gasteiger partial charge < -0.3 is 25.2 Å². The Labute approximate surface area is 194 Å². The molecule has 1 unspecified atom stereocenters. The van der Waals surface area contributed by atoms with Crippen molar-refractivity contribution in [3.63, 3.8) is 0 Å². The molecule has 180 valence electrons. The van der Waals surface area contributed by atoms with Crippen LogP contribution in [0.4, 0.5) is 4.79 Å². The van der Waals surface area contributed by atoms with Crippen LogP contribution < -0.4 is 5.32 Å². The van der Waals surface area contributed by atoms with Crippen LogP contribution in [-0.2, 0) is 20.7 Å². The average Bonchev–Trinajstić information content (AvgIpc) is 2.71. The van der Waals surface area contributed by atoms with E-state index in [0.717, 1.165) is 16.3 Å². The summed E-state index contributed by atoms with van der Waals surface area (Å²) in [7, 11) is 0. The second-order valence-electron chi connectivity index (χ2n) is 9.53. The highest BCUT2D eigenvalue weighted by molar-refractivity contribution is 5.88. The second kappa shape index (κ2) is 11.1. The zero-order valence-electron chi connectivity index (χ0n) is 19.9. The van der Waals surface area contributed by atoms with E-state index in [1.54, 1.807) is 20.8 Å². The van der Waals surface area contributed by atoms with Gasteiger partial charge in [-0.1, -0.05) is 56.3 Å². The van der Waals surface area contributed by atoms with Crippen molar-refractivity contribution < 1.29 is 29.3 Å². The average molecular weight is 459 g/mol. The van der Waals surface area contributed by atoms with Gasteiger partial charge in [-0.05, 0) is 43.0 Å². The molecule has 8 nitrogen and oxygen atoms in total. The van der Waals surface area contributed by atoms with E-state index >= 15 is 0 Å². The highest BCUT2D eigenvalue weighted by atomic mass is 16.6. The molecule has 0 heterocycles. The van der Waals surface area contributed by atoms with E-state index in [2.05, 4.69) is 5.32 Å². The molecule has 0 aliphatic rings. The Hall–Kier alpha value is -3.13. The number of carboxylic acids is 1. The Morgan fingerprint density at radius 2 is 1.67 bits per heavy atom. The summed E-state index contributed by atoms with van der Waals surface area (Å²) in [5.74, 6) is -1.99. The zero-order valence-corrected chi connectivity index (χ0v) is 19.9. The molecule has 0 aliphatic heterocycles. The number of aliphatic hydroxyl groups is 1. The number of fused-ring (bicyclic) bond motifs is 1. The lowest BCUT2D eigenvalue weighted by atomic mass is 9.98. The van der Waals surface area contributed by atoms with Crippen LogP contribution >= 0.6 is 0 Å². The number of aliphatic carboxylic acids is 1.